The first kappa shape index (κ1) is 19.1. The summed E-state index contributed by atoms with van der Waals surface area (Å²) in [6.45, 7) is 4.57. The number of halogens is 1. The maximum Gasteiger partial charge on any atom is 0.325 e. The summed E-state index contributed by atoms with van der Waals surface area (Å²) in [6.07, 6.45) is 1.54. The van der Waals surface area contributed by atoms with Gasteiger partial charge in [0, 0.05) is 24.6 Å². The fourth-order valence-electron chi connectivity index (χ4n) is 3.31. The Kier molecular flexibility index (Phi) is 5.57. The van der Waals surface area contributed by atoms with Crippen molar-refractivity contribution in [2.75, 3.05) is 26.3 Å². The molecule has 2 N–H and O–H groups in total. The second-order valence-corrected chi connectivity index (χ2v) is 6.95. The van der Waals surface area contributed by atoms with E-state index >= 15 is 0 Å². The van der Waals surface area contributed by atoms with E-state index < -0.39 is 0 Å². The summed E-state index contributed by atoms with van der Waals surface area (Å²) in [6, 6.07) is 14.9. The zero-order valence-corrected chi connectivity index (χ0v) is 16.2. The maximum absolute atomic E-state index is 14.7. The third kappa shape index (κ3) is 4.30. The van der Waals surface area contributed by atoms with Crippen molar-refractivity contribution < 1.29 is 13.5 Å². The quantitative estimate of drug-likeness (QED) is 0.536. The number of aromatic nitrogens is 1. The van der Waals surface area contributed by atoms with Crippen LogP contribution < -0.4 is 5.73 Å². The van der Waals surface area contributed by atoms with Crippen molar-refractivity contribution in [3.63, 3.8) is 0 Å². The van der Waals surface area contributed by atoms with E-state index in [0.717, 1.165) is 11.1 Å². The summed E-state index contributed by atoms with van der Waals surface area (Å²) in [5, 5.41) is 0. The Labute approximate surface area is 168 Å². The number of oxazole rings is 1. The number of hydrogen-bond acceptors (Lipinski definition) is 4. The number of benzene rings is 2. The van der Waals surface area contributed by atoms with Gasteiger partial charge in [-0.1, -0.05) is 49.4 Å². The molecule has 1 unspecified atom stereocenters. The number of guanidine groups is 1. The molecule has 2 aromatic carbocycles. The van der Waals surface area contributed by atoms with E-state index in [2.05, 4.69) is 9.98 Å². The molecule has 0 saturated carbocycles. The summed E-state index contributed by atoms with van der Waals surface area (Å²) in [4.78, 5) is 10.6. The molecule has 1 saturated heterocycles. The third-order valence-corrected chi connectivity index (χ3v) is 5.08. The van der Waals surface area contributed by atoms with Crippen LogP contribution in [-0.2, 0) is 4.74 Å². The lowest BCUT2D eigenvalue weighted by molar-refractivity contribution is 0.0675. The van der Waals surface area contributed by atoms with Crippen LogP contribution in [0.1, 0.15) is 24.1 Å². The Morgan fingerprint density at radius 3 is 2.66 bits per heavy atom. The van der Waals surface area contributed by atoms with Crippen LogP contribution >= 0.6 is 0 Å². The van der Waals surface area contributed by atoms with E-state index in [9.17, 15) is 4.39 Å². The Bertz CT molecular complexity index is 997. The van der Waals surface area contributed by atoms with Crippen molar-refractivity contribution in [2.24, 2.45) is 10.7 Å². The van der Waals surface area contributed by atoms with Crippen LogP contribution in [0.25, 0.3) is 11.1 Å². The SMILES string of the molecule is CC(c1ccc(-c2ccccc2)c(F)c1)c1coc(N=C(N)N2CCOCC2)n1. The first-order valence-corrected chi connectivity index (χ1v) is 9.59. The Morgan fingerprint density at radius 1 is 1.17 bits per heavy atom. The van der Waals surface area contributed by atoms with Gasteiger partial charge in [-0.3, -0.25) is 0 Å². The molecule has 1 aliphatic rings. The Balaban J connectivity index is 1.51. The number of ether oxygens (including phenoxy) is 1. The minimum atomic E-state index is -0.265. The molecule has 1 aliphatic heterocycles. The zero-order valence-electron chi connectivity index (χ0n) is 16.2. The molecule has 0 amide bonds. The van der Waals surface area contributed by atoms with Gasteiger partial charge in [0.25, 0.3) is 0 Å². The molecule has 1 atom stereocenters. The molecule has 0 radical (unpaired) electrons. The van der Waals surface area contributed by atoms with Crippen molar-refractivity contribution >= 4 is 12.0 Å². The average molecular weight is 394 g/mol. The molecular formula is C22H23FN4O2. The molecular weight excluding hydrogens is 371 g/mol. The van der Waals surface area contributed by atoms with Gasteiger partial charge in [-0.05, 0) is 17.2 Å². The second-order valence-electron chi connectivity index (χ2n) is 6.95. The molecule has 2 heterocycles. The predicted octanol–water partition coefficient (Wildman–Crippen LogP) is 3.91. The zero-order chi connectivity index (χ0) is 20.2. The molecule has 1 fully saturated rings. The molecule has 0 spiro atoms. The summed E-state index contributed by atoms with van der Waals surface area (Å²) in [7, 11) is 0. The highest BCUT2D eigenvalue weighted by Gasteiger charge is 2.17. The van der Waals surface area contributed by atoms with E-state index in [1.54, 1.807) is 18.4 Å². The molecule has 0 bridgehead atoms. The van der Waals surface area contributed by atoms with E-state index in [-0.39, 0.29) is 17.7 Å². The van der Waals surface area contributed by atoms with Crippen molar-refractivity contribution in [3.8, 4) is 11.1 Å². The van der Waals surface area contributed by atoms with Crippen LogP contribution in [0.4, 0.5) is 10.4 Å². The van der Waals surface area contributed by atoms with Crippen molar-refractivity contribution in [1.29, 1.82) is 0 Å². The molecule has 4 rings (SSSR count). The Morgan fingerprint density at radius 2 is 1.93 bits per heavy atom. The fraction of sp³-hybridized carbons (Fsp3) is 0.273. The van der Waals surface area contributed by atoms with E-state index in [1.807, 2.05) is 48.2 Å². The van der Waals surface area contributed by atoms with Crippen molar-refractivity contribution in [1.82, 2.24) is 9.88 Å². The highest BCUT2D eigenvalue weighted by atomic mass is 19.1. The molecule has 29 heavy (non-hydrogen) atoms. The third-order valence-electron chi connectivity index (χ3n) is 5.08. The number of nitrogens with zero attached hydrogens (tertiary/aromatic N) is 3. The van der Waals surface area contributed by atoms with Crippen LogP contribution in [0, 0.1) is 5.82 Å². The van der Waals surface area contributed by atoms with E-state index in [1.165, 1.54) is 0 Å². The van der Waals surface area contributed by atoms with Crippen LogP contribution in [0.5, 0.6) is 0 Å². The monoisotopic (exact) mass is 394 g/mol. The molecule has 7 heteroatoms. The summed E-state index contributed by atoms with van der Waals surface area (Å²) in [5.74, 6) is -0.0573. The minimum Gasteiger partial charge on any atom is -0.430 e. The highest BCUT2D eigenvalue weighted by Crippen LogP contribution is 2.30. The average Bonchev–Trinajstić information content (AvgIpc) is 3.23. The minimum absolute atomic E-state index is 0.147. The van der Waals surface area contributed by atoms with Crippen LogP contribution in [0.15, 0.2) is 64.2 Å². The number of nitrogens with two attached hydrogens (primary N) is 1. The maximum atomic E-state index is 14.7. The number of hydrogen-bond donors (Lipinski definition) is 1. The Hall–Kier alpha value is -3.19. The lowest BCUT2D eigenvalue weighted by atomic mass is 9.95. The van der Waals surface area contributed by atoms with Gasteiger partial charge in [-0.25, -0.2) is 4.39 Å². The van der Waals surface area contributed by atoms with Crippen LogP contribution in [0.3, 0.4) is 0 Å². The largest absolute Gasteiger partial charge is 0.430 e. The van der Waals surface area contributed by atoms with Crippen molar-refractivity contribution in [2.45, 2.75) is 12.8 Å². The molecule has 1 aromatic heterocycles. The highest BCUT2D eigenvalue weighted by molar-refractivity contribution is 5.80. The van der Waals surface area contributed by atoms with Crippen molar-refractivity contribution in [3.05, 3.63) is 71.9 Å². The topological polar surface area (TPSA) is 76.9 Å². The van der Waals surface area contributed by atoms with Gasteiger partial charge in [-0.15, -0.1) is 0 Å². The lowest BCUT2D eigenvalue weighted by Crippen LogP contribution is -2.44. The van der Waals surface area contributed by atoms with Gasteiger partial charge in [0.1, 0.15) is 12.1 Å². The predicted molar refractivity (Wildman–Crippen MR) is 110 cm³/mol. The van der Waals surface area contributed by atoms with Crippen LogP contribution in [-0.4, -0.2) is 42.1 Å². The van der Waals surface area contributed by atoms with Gasteiger partial charge in [0.15, 0.2) is 0 Å². The van der Waals surface area contributed by atoms with Crippen LogP contribution in [0.2, 0.25) is 0 Å². The number of aliphatic imine (C=N–C) groups is 1. The lowest BCUT2D eigenvalue weighted by Gasteiger charge is -2.27. The molecule has 0 aliphatic carbocycles. The molecule has 3 aromatic rings. The van der Waals surface area contributed by atoms with E-state index in [4.69, 9.17) is 14.9 Å². The van der Waals surface area contributed by atoms with Gasteiger partial charge in [-0.2, -0.15) is 9.98 Å². The van der Waals surface area contributed by atoms with Gasteiger partial charge in [0.05, 0.1) is 18.9 Å². The summed E-state index contributed by atoms with van der Waals surface area (Å²) in [5.41, 5.74) is 8.95. The van der Waals surface area contributed by atoms with Gasteiger partial charge >= 0.3 is 6.01 Å². The fourth-order valence-corrected chi connectivity index (χ4v) is 3.31. The molecule has 150 valence electrons. The number of rotatable bonds is 4. The smallest absolute Gasteiger partial charge is 0.325 e. The summed E-state index contributed by atoms with van der Waals surface area (Å²) >= 11 is 0. The standard InChI is InChI=1S/C22H23FN4O2/c1-15(17-7-8-18(19(23)13-17)16-5-3-2-4-6-16)20-14-29-22(25-20)26-21(24)27-9-11-28-12-10-27/h2-8,13-15H,9-12H2,1H3,(H2,24,25,26). The van der Waals surface area contributed by atoms with Gasteiger partial charge in [0.2, 0.25) is 5.96 Å². The number of morpholine rings is 1. The summed E-state index contributed by atoms with van der Waals surface area (Å²) < 4.78 is 25.5. The first-order valence-electron chi connectivity index (χ1n) is 9.59. The second kappa shape index (κ2) is 8.45. The van der Waals surface area contributed by atoms with E-state index in [0.29, 0.717) is 43.5 Å². The normalized spacial score (nSPS) is 16.1. The molecule has 6 nitrogen and oxygen atoms in total. The van der Waals surface area contributed by atoms with Gasteiger partial charge < -0.3 is 19.8 Å². The first-order chi connectivity index (χ1) is 14.1.